The first kappa shape index (κ1) is 17.2. The Labute approximate surface area is 104 Å². The molecule has 0 aliphatic rings. The van der Waals surface area contributed by atoms with Crippen molar-refractivity contribution in [3.05, 3.63) is 0 Å². The van der Waals surface area contributed by atoms with Crippen LogP contribution in [-0.2, 0) is 14.6 Å². The Bertz CT molecular complexity index is 368. The summed E-state index contributed by atoms with van der Waals surface area (Å²) >= 11 is 0. The summed E-state index contributed by atoms with van der Waals surface area (Å²) in [5, 5.41) is -0.361. The van der Waals surface area contributed by atoms with E-state index in [2.05, 4.69) is 5.32 Å². The quantitative estimate of drug-likeness (QED) is 0.701. The van der Waals surface area contributed by atoms with Crippen molar-refractivity contribution >= 4 is 15.7 Å². The van der Waals surface area contributed by atoms with E-state index in [1.807, 2.05) is 0 Å². The van der Waals surface area contributed by atoms with Crippen LogP contribution in [0.15, 0.2) is 0 Å². The Balaban J connectivity index is 4.81. The molecule has 0 aliphatic carbocycles. The van der Waals surface area contributed by atoms with Crippen molar-refractivity contribution in [3.8, 4) is 0 Å². The molecule has 0 fully saturated rings. The van der Waals surface area contributed by atoms with Crippen molar-refractivity contribution in [2.24, 2.45) is 5.73 Å². The van der Waals surface area contributed by atoms with Crippen molar-refractivity contribution in [1.82, 2.24) is 5.32 Å². The summed E-state index contributed by atoms with van der Waals surface area (Å²) in [4.78, 5) is 11.2. The predicted octanol–water partition coefficient (Wildman–Crippen LogP) is 0.207. The van der Waals surface area contributed by atoms with Crippen LogP contribution in [0.25, 0.3) is 0 Å². The molecule has 18 heavy (non-hydrogen) atoms. The lowest BCUT2D eigenvalue weighted by atomic mass is 10.3. The number of alkyl halides is 3. The summed E-state index contributed by atoms with van der Waals surface area (Å²) in [5.41, 5.74) is 4.97. The number of carbonyl (C=O) groups excluding carboxylic acids is 1. The summed E-state index contributed by atoms with van der Waals surface area (Å²) in [7, 11) is -4.59. The van der Waals surface area contributed by atoms with Gasteiger partial charge in [0.25, 0.3) is 0 Å². The molecule has 0 aromatic carbocycles. The maximum absolute atomic E-state index is 12.5. The molecular formula is C9H17F3N2O3S. The van der Waals surface area contributed by atoms with Crippen LogP contribution in [0.4, 0.5) is 13.2 Å². The molecule has 0 aromatic heterocycles. The minimum Gasteiger partial charge on any atom is -0.355 e. The number of halogens is 3. The Kier molecular flexibility index (Phi) is 6.61. The number of rotatable bonds is 7. The number of hydrogen-bond acceptors (Lipinski definition) is 4. The van der Waals surface area contributed by atoms with Gasteiger partial charge in [0, 0.05) is 6.54 Å². The normalized spacial score (nSPS) is 14.3. The van der Waals surface area contributed by atoms with Gasteiger partial charge in [0.05, 0.1) is 0 Å². The standard InChI is InChI=1S/C9H17F3N2O3S/c1-2-5-14-8(15)6-18(16,17)7(3-4-13)9(10,11)12/h7H,2-6,13H2,1H3,(H,14,15). The van der Waals surface area contributed by atoms with Gasteiger partial charge in [-0.1, -0.05) is 6.92 Å². The van der Waals surface area contributed by atoms with Gasteiger partial charge in [-0.05, 0) is 19.4 Å². The fourth-order valence-electron chi connectivity index (χ4n) is 1.30. The van der Waals surface area contributed by atoms with Gasteiger partial charge >= 0.3 is 6.18 Å². The molecule has 9 heteroatoms. The van der Waals surface area contributed by atoms with Crippen LogP contribution in [-0.4, -0.2) is 44.6 Å². The van der Waals surface area contributed by atoms with Crippen molar-refractivity contribution in [2.45, 2.75) is 31.2 Å². The fourth-order valence-corrected chi connectivity index (χ4v) is 2.87. The van der Waals surface area contributed by atoms with Crippen molar-refractivity contribution < 1.29 is 26.4 Å². The zero-order valence-corrected chi connectivity index (χ0v) is 10.8. The fraction of sp³-hybridized carbons (Fsp3) is 0.889. The van der Waals surface area contributed by atoms with E-state index < -0.39 is 45.9 Å². The first-order valence-corrected chi connectivity index (χ1v) is 7.11. The lowest BCUT2D eigenvalue weighted by molar-refractivity contribution is -0.131. The second-order valence-electron chi connectivity index (χ2n) is 3.76. The Morgan fingerprint density at radius 3 is 2.33 bits per heavy atom. The van der Waals surface area contributed by atoms with Gasteiger partial charge in [0.15, 0.2) is 15.1 Å². The third-order valence-electron chi connectivity index (χ3n) is 2.13. The smallest absolute Gasteiger partial charge is 0.355 e. The molecule has 1 amide bonds. The summed E-state index contributed by atoms with van der Waals surface area (Å²) in [5.74, 6) is -2.10. The summed E-state index contributed by atoms with van der Waals surface area (Å²) in [6, 6.07) is 0. The second kappa shape index (κ2) is 6.93. The molecule has 0 spiro atoms. The van der Waals surface area contributed by atoms with E-state index in [4.69, 9.17) is 5.73 Å². The summed E-state index contributed by atoms with van der Waals surface area (Å²) in [6.45, 7) is 1.55. The van der Waals surface area contributed by atoms with Gasteiger partial charge in [-0.2, -0.15) is 13.2 Å². The molecule has 0 aliphatic heterocycles. The van der Waals surface area contributed by atoms with Crippen LogP contribution in [0, 0.1) is 0 Å². The van der Waals surface area contributed by atoms with E-state index in [0.29, 0.717) is 6.42 Å². The lowest BCUT2D eigenvalue weighted by Gasteiger charge is -2.19. The van der Waals surface area contributed by atoms with E-state index in [9.17, 15) is 26.4 Å². The highest BCUT2D eigenvalue weighted by molar-refractivity contribution is 7.92. The summed E-state index contributed by atoms with van der Waals surface area (Å²) < 4.78 is 60.6. The highest BCUT2D eigenvalue weighted by Crippen LogP contribution is 2.28. The minimum atomic E-state index is -4.91. The zero-order chi connectivity index (χ0) is 14.4. The molecular weight excluding hydrogens is 273 g/mol. The Hall–Kier alpha value is -0.830. The first-order chi connectivity index (χ1) is 8.15. The van der Waals surface area contributed by atoms with E-state index in [1.165, 1.54) is 0 Å². The average molecular weight is 290 g/mol. The third-order valence-corrected chi connectivity index (χ3v) is 4.17. The molecule has 5 nitrogen and oxygen atoms in total. The molecule has 0 aromatic rings. The highest BCUT2D eigenvalue weighted by atomic mass is 32.2. The van der Waals surface area contributed by atoms with Gasteiger partial charge in [0.2, 0.25) is 5.91 Å². The number of nitrogens with two attached hydrogens (primary N) is 1. The lowest BCUT2D eigenvalue weighted by Crippen LogP contribution is -2.43. The van der Waals surface area contributed by atoms with Crippen LogP contribution in [0.5, 0.6) is 0 Å². The van der Waals surface area contributed by atoms with Gasteiger partial charge in [0.1, 0.15) is 5.75 Å². The molecule has 0 saturated heterocycles. The second-order valence-corrected chi connectivity index (χ2v) is 5.95. The molecule has 0 bridgehead atoms. The monoisotopic (exact) mass is 290 g/mol. The maximum Gasteiger partial charge on any atom is 0.405 e. The van der Waals surface area contributed by atoms with Crippen LogP contribution in [0.1, 0.15) is 19.8 Å². The topological polar surface area (TPSA) is 89.3 Å². The third kappa shape index (κ3) is 5.67. The molecule has 3 N–H and O–H groups in total. The van der Waals surface area contributed by atoms with Crippen molar-refractivity contribution in [1.29, 1.82) is 0 Å². The molecule has 0 rings (SSSR count). The van der Waals surface area contributed by atoms with E-state index >= 15 is 0 Å². The zero-order valence-electron chi connectivity index (χ0n) is 9.96. The molecule has 0 heterocycles. The number of sulfone groups is 1. The van der Waals surface area contributed by atoms with Crippen LogP contribution in [0.2, 0.25) is 0 Å². The average Bonchev–Trinajstić information content (AvgIpc) is 2.20. The molecule has 0 radical (unpaired) electrons. The molecule has 1 atom stereocenters. The van der Waals surface area contributed by atoms with E-state index in [-0.39, 0.29) is 6.54 Å². The maximum atomic E-state index is 12.5. The van der Waals surface area contributed by atoms with Crippen molar-refractivity contribution in [2.75, 3.05) is 18.8 Å². The van der Waals surface area contributed by atoms with E-state index in [1.54, 1.807) is 6.92 Å². The predicted molar refractivity (Wildman–Crippen MR) is 60.6 cm³/mol. The van der Waals surface area contributed by atoms with Gasteiger partial charge in [-0.3, -0.25) is 4.79 Å². The largest absolute Gasteiger partial charge is 0.405 e. The number of carbonyl (C=O) groups is 1. The van der Waals surface area contributed by atoms with Gasteiger partial charge in [-0.25, -0.2) is 8.42 Å². The molecule has 1 unspecified atom stereocenters. The minimum absolute atomic E-state index is 0.224. The highest BCUT2D eigenvalue weighted by Gasteiger charge is 2.48. The van der Waals surface area contributed by atoms with Crippen LogP contribution < -0.4 is 11.1 Å². The number of amides is 1. The first-order valence-electron chi connectivity index (χ1n) is 5.40. The van der Waals surface area contributed by atoms with Gasteiger partial charge in [-0.15, -0.1) is 0 Å². The van der Waals surface area contributed by atoms with Crippen LogP contribution >= 0.6 is 0 Å². The van der Waals surface area contributed by atoms with Crippen molar-refractivity contribution in [3.63, 3.8) is 0 Å². The van der Waals surface area contributed by atoms with E-state index in [0.717, 1.165) is 0 Å². The van der Waals surface area contributed by atoms with Gasteiger partial charge < -0.3 is 11.1 Å². The Morgan fingerprint density at radius 1 is 1.39 bits per heavy atom. The van der Waals surface area contributed by atoms with Crippen LogP contribution in [0.3, 0.4) is 0 Å². The number of nitrogens with one attached hydrogen (secondary N) is 1. The Morgan fingerprint density at radius 2 is 1.94 bits per heavy atom. The summed E-state index contributed by atoms with van der Waals surface area (Å²) in [6.07, 6.45) is -5.09. The SMILES string of the molecule is CCCNC(=O)CS(=O)(=O)C(CCN)C(F)(F)F. The molecule has 0 saturated carbocycles. The number of hydrogen-bond donors (Lipinski definition) is 2. The molecule has 108 valence electrons.